The van der Waals surface area contributed by atoms with Crippen molar-refractivity contribution in [2.75, 3.05) is 11.9 Å². The van der Waals surface area contributed by atoms with Crippen molar-refractivity contribution in [1.29, 1.82) is 0 Å². The fourth-order valence-electron chi connectivity index (χ4n) is 4.59. The van der Waals surface area contributed by atoms with Gasteiger partial charge in [0, 0.05) is 37.7 Å². The molecule has 0 radical (unpaired) electrons. The largest absolute Gasteiger partial charge is 0.514 e. The number of anilines is 1. The average Bonchev–Trinajstić information content (AvgIpc) is 3.26. The predicted octanol–water partition coefficient (Wildman–Crippen LogP) is 7.78. The molecule has 4 aromatic rings. The minimum Gasteiger partial charge on any atom is -0.428 e. The van der Waals surface area contributed by atoms with Crippen LogP contribution >= 0.6 is 0 Å². The van der Waals surface area contributed by atoms with Gasteiger partial charge in [0.05, 0.1) is 11.0 Å². The number of amides is 1. The molecule has 0 atom stereocenters. The number of fused-ring (bicyclic) bond motifs is 1. The van der Waals surface area contributed by atoms with Gasteiger partial charge in [-0.25, -0.2) is 9.78 Å². The molecule has 210 valence electrons. The van der Waals surface area contributed by atoms with Crippen LogP contribution in [0.1, 0.15) is 65.3 Å². The van der Waals surface area contributed by atoms with E-state index in [-0.39, 0.29) is 5.91 Å². The van der Waals surface area contributed by atoms with Gasteiger partial charge in [-0.15, -0.1) is 0 Å². The van der Waals surface area contributed by atoms with Crippen LogP contribution in [-0.2, 0) is 22.5 Å². The zero-order valence-corrected chi connectivity index (χ0v) is 24.4. The predicted molar refractivity (Wildman–Crippen MR) is 160 cm³/mol. The quantitative estimate of drug-likeness (QED) is 0.160. The normalized spacial score (nSPS) is 11.4. The Morgan fingerprint density at radius 1 is 0.975 bits per heavy atom. The van der Waals surface area contributed by atoms with Crippen molar-refractivity contribution >= 4 is 28.8 Å². The molecular formula is C33H39N3O4. The fourth-order valence-corrected chi connectivity index (χ4v) is 4.59. The number of carbonyl (C=O) groups is 2. The first-order valence-electron chi connectivity index (χ1n) is 13.9. The number of para-hydroxylation sites is 1. The maximum Gasteiger partial charge on any atom is 0.514 e. The Hall–Kier alpha value is -4.13. The lowest BCUT2D eigenvalue weighted by molar-refractivity contribution is -0.118. The van der Waals surface area contributed by atoms with E-state index in [1.807, 2.05) is 49.4 Å². The molecule has 7 heteroatoms. The highest BCUT2D eigenvalue weighted by atomic mass is 16.7. The third kappa shape index (κ3) is 6.89. The average molecular weight is 542 g/mol. The maximum atomic E-state index is 12.3. The molecule has 0 N–H and O–H groups in total. The molecule has 0 spiro atoms. The molecule has 0 bridgehead atoms. The number of aryl methyl sites for hydroxylation is 1. The minimum atomic E-state index is -0.725. The monoisotopic (exact) mass is 541 g/mol. The summed E-state index contributed by atoms with van der Waals surface area (Å²) in [5.41, 5.74) is 5.05. The number of unbranched alkanes of at least 4 members (excludes halogenated alkanes) is 1. The molecular weight excluding hydrogens is 502 g/mol. The van der Waals surface area contributed by atoms with E-state index >= 15 is 0 Å². The smallest absolute Gasteiger partial charge is 0.428 e. The van der Waals surface area contributed by atoms with E-state index in [1.165, 1.54) is 0 Å². The van der Waals surface area contributed by atoms with E-state index < -0.39 is 11.8 Å². The molecule has 0 unspecified atom stereocenters. The number of imidazole rings is 1. The highest BCUT2D eigenvalue weighted by Gasteiger charge is 2.20. The summed E-state index contributed by atoms with van der Waals surface area (Å²) in [6.45, 7) is 10.1. The summed E-state index contributed by atoms with van der Waals surface area (Å²) >= 11 is 0. The standard InChI is InChI=1S/C33H39N3O4/c1-7-9-14-30-34-27-21-25(35(6)31(37)8-2)19-20-28(27)36(30)22-23-15-17-24(18-16-23)26-12-10-11-13-29(26)39-32(38)40-33(3,4)5/h10-13,15-21H,7-9,14,22H2,1-6H3. The van der Waals surface area contributed by atoms with Crippen LogP contribution in [0.4, 0.5) is 10.5 Å². The van der Waals surface area contributed by atoms with Crippen molar-refractivity contribution < 1.29 is 19.1 Å². The van der Waals surface area contributed by atoms with Crippen LogP contribution in [0.2, 0.25) is 0 Å². The molecule has 0 aliphatic rings. The Morgan fingerprint density at radius 2 is 1.70 bits per heavy atom. The molecule has 1 heterocycles. The zero-order chi connectivity index (χ0) is 28.9. The van der Waals surface area contributed by atoms with Gasteiger partial charge in [-0.1, -0.05) is 62.7 Å². The van der Waals surface area contributed by atoms with Gasteiger partial charge in [-0.2, -0.15) is 0 Å². The number of hydrogen-bond donors (Lipinski definition) is 0. The number of aromatic nitrogens is 2. The molecule has 0 fully saturated rings. The van der Waals surface area contributed by atoms with E-state index in [0.29, 0.717) is 18.7 Å². The van der Waals surface area contributed by atoms with E-state index in [9.17, 15) is 9.59 Å². The van der Waals surface area contributed by atoms with Crippen molar-refractivity contribution in [2.24, 2.45) is 0 Å². The first kappa shape index (κ1) is 28.9. The second kappa shape index (κ2) is 12.4. The maximum absolute atomic E-state index is 12.3. The molecule has 1 aromatic heterocycles. The van der Waals surface area contributed by atoms with Crippen LogP contribution in [0, 0.1) is 0 Å². The summed E-state index contributed by atoms with van der Waals surface area (Å²) in [5, 5.41) is 0. The third-order valence-electron chi connectivity index (χ3n) is 6.70. The topological polar surface area (TPSA) is 73.7 Å². The molecule has 0 saturated carbocycles. The van der Waals surface area contributed by atoms with Crippen molar-refractivity contribution in [3.05, 3.63) is 78.1 Å². The number of ether oxygens (including phenoxy) is 2. The molecule has 0 aliphatic heterocycles. The van der Waals surface area contributed by atoms with Gasteiger partial charge < -0.3 is 18.9 Å². The second-order valence-corrected chi connectivity index (χ2v) is 11.0. The van der Waals surface area contributed by atoms with Crippen molar-refractivity contribution in [3.63, 3.8) is 0 Å². The van der Waals surface area contributed by atoms with Crippen LogP contribution in [0.15, 0.2) is 66.7 Å². The van der Waals surface area contributed by atoms with Crippen LogP contribution < -0.4 is 9.64 Å². The van der Waals surface area contributed by atoms with Gasteiger partial charge in [0.2, 0.25) is 5.91 Å². The lowest BCUT2D eigenvalue weighted by Crippen LogP contribution is -2.26. The lowest BCUT2D eigenvalue weighted by Gasteiger charge is -2.19. The van der Waals surface area contributed by atoms with Crippen LogP contribution in [0.25, 0.3) is 22.2 Å². The number of carbonyl (C=O) groups excluding carboxylic acids is 2. The van der Waals surface area contributed by atoms with Gasteiger partial charge in [-0.05, 0) is 62.6 Å². The number of hydrogen-bond acceptors (Lipinski definition) is 5. The number of benzene rings is 3. The summed E-state index contributed by atoms with van der Waals surface area (Å²) in [6, 6.07) is 21.8. The van der Waals surface area contributed by atoms with Gasteiger partial charge in [0.1, 0.15) is 17.2 Å². The Bertz CT molecular complexity index is 1480. The third-order valence-corrected chi connectivity index (χ3v) is 6.70. The molecule has 7 nitrogen and oxygen atoms in total. The Morgan fingerprint density at radius 3 is 2.38 bits per heavy atom. The van der Waals surface area contributed by atoms with Crippen molar-refractivity contribution in [1.82, 2.24) is 9.55 Å². The molecule has 3 aromatic carbocycles. The lowest BCUT2D eigenvalue weighted by atomic mass is 10.0. The molecule has 0 aliphatic carbocycles. The van der Waals surface area contributed by atoms with Crippen LogP contribution in [0.5, 0.6) is 5.75 Å². The first-order valence-corrected chi connectivity index (χ1v) is 13.9. The fraction of sp³-hybridized carbons (Fsp3) is 0.364. The SMILES string of the molecule is CCCCc1nc2cc(N(C)C(=O)CC)ccc2n1Cc1ccc(-c2ccccc2OC(=O)OC(C)(C)C)cc1. The van der Waals surface area contributed by atoms with E-state index in [0.717, 1.165) is 58.5 Å². The summed E-state index contributed by atoms with van der Waals surface area (Å²) < 4.78 is 13.1. The summed E-state index contributed by atoms with van der Waals surface area (Å²) in [6.07, 6.45) is 2.76. The number of nitrogens with zero attached hydrogens (tertiary/aromatic N) is 3. The Labute approximate surface area is 236 Å². The zero-order valence-electron chi connectivity index (χ0n) is 24.4. The molecule has 1 amide bonds. The highest BCUT2D eigenvalue weighted by molar-refractivity contribution is 5.94. The Kier molecular flexibility index (Phi) is 8.93. The van der Waals surface area contributed by atoms with E-state index in [1.54, 1.807) is 38.8 Å². The van der Waals surface area contributed by atoms with Gasteiger partial charge in [0.25, 0.3) is 0 Å². The van der Waals surface area contributed by atoms with Crippen LogP contribution in [0.3, 0.4) is 0 Å². The van der Waals surface area contributed by atoms with Gasteiger partial charge in [0.15, 0.2) is 0 Å². The summed E-state index contributed by atoms with van der Waals surface area (Å²) in [4.78, 5) is 31.2. The second-order valence-electron chi connectivity index (χ2n) is 11.0. The van der Waals surface area contributed by atoms with Crippen LogP contribution in [-0.4, -0.2) is 34.3 Å². The van der Waals surface area contributed by atoms with E-state index in [4.69, 9.17) is 14.5 Å². The summed E-state index contributed by atoms with van der Waals surface area (Å²) in [5.74, 6) is 1.57. The minimum absolute atomic E-state index is 0.0724. The Balaban J connectivity index is 1.60. The molecule has 0 saturated heterocycles. The van der Waals surface area contributed by atoms with Gasteiger partial charge >= 0.3 is 6.16 Å². The summed E-state index contributed by atoms with van der Waals surface area (Å²) in [7, 11) is 1.81. The van der Waals surface area contributed by atoms with Crippen molar-refractivity contribution in [3.8, 4) is 16.9 Å². The highest BCUT2D eigenvalue weighted by Crippen LogP contribution is 2.31. The van der Waals surface area contributed by atoms with Crippen molar-refractivity contribution in [2.45, 2.75) is 72.4 Å². The van der Waals surface area contributed by atoms with E-state index in [2.05, 4.69) is 29.7 Å². The molecule has 4 rings (SSSR count). The molecule has 40 heavy (non-hydrogen) atoms. The first-order chi connectivity index (χ1) is 19.1. The van der Waals surface area contributed by atoms with Gasteiger partial charge in [-0.3, -0.25) is 4.79 Å². The number of rotatable bonds is 9.